The number of nitrogens with one attached hydrogen (secondary N) is 2. The van der Waals surface area contributed by atoms with Gasteiger partial charge in [-0.3, -0.25) is 15.6 Å². The largest absolute Gasteiger partial charge is 0.369 e. The zero-order valence-electron chi connectivity index (χ0n) is 5.00. The Morgan fingerprint density at radius 3 is 2.20 bits per heavy atom. The van der Waals surface area contributed by atoms with Gasteiger partial charge in [0, 0.05) is 0 Å². The standard InChI is InChI=1S/C3H7N5O2/c4-2(5)7-8(1-9)3(6)10/h1H,(H2,6,10)(H4,4,5,7). The van der Waals surface area contributed by atoms with Crippen LogP contribution in [0.2, 0.25) is 0 Å². The van der Waals surface area contributed by atoms with Crippen LogP contribution in [0.15, 0.2) is 0 Å². The maximum atomic E-state index is 10.2. The summed E-state index contributed by atoms with van der Waals surface area (Å²) in [5, 5.41) is 6.93. The van der Waals surface area contributed by atoms with E-state index in [9.17, 15) is 9.59 Å². The van der Waals surface area contributed by atoms with Crippen LogP contribution in [0.5, 0.6) is 0 Å². The highest BCUT2D eigenvalue weighted by atomic mass is 16.2. The van der Waals surface area contributed by atoms with Gasteiger partial charge in [0.2, 0.25) is 12.4 Å². The molecule has 56 valence electrons. The van der Waals surface area contributed by atoms with Gasteiger partial charge in [0.25, 0.3) is 0 Å². The number of hydrazine groups is 1. The number of primary amides is 1. The van der Waals surface area contributed by atoms with Crippen LogP contribution in [-0.4, -0.2) is 23.4 Å². The zero-order chi connectivity index (χ0) is 8.15. The number of nitrogens with zero attached hydrogens (tertiary/aromatic N) is 1. The van der Waals surface area contributed by atoms with E-state index in [0.717, 1.165) is 0 Å². The van der Waals surface area contributed by atoms with Crippen LogP contribution < -0.4 is 16.9 Å². The van der Waals surface area contributed by atoms with Crippen LogP contribution in [0.1, 0.15) is 0 Å². The van der Waals surface area contributed by atoms with Crippen molar-refractivity contribution in [3.8, 4) is 0 Å². The molecular formula is C3H7N5O2. The summed E-state index contributed by atoms with van der Waals surface area (Å²) < 4.78 is 0. The number of urea groups is 1. The van der Waals surface area contributed by atoms with Crippen LogP contribution >= 0.6 is 0 Å². The molecular weight excluding hydrogens is 138 g/mol. The summed E-state index contributed by atoms with van der Waals surface area (Å²) in [4.78, 5) is 20.1. The minimum atomic E-state index is -1.02. The third kappa shape index (κ3) is 2.50. The van der Waals surface area contributed by atoms with Crippen LogP contribution in [0, 0.1) is 5.41 Å². The molecule has 7 heteroatoms. The molecule has 0 aliphatic rings. The topological polar surface area (TPSA) is 125 Å². The molecule has 0 spiro atoms. The molecule has 0 atom stereocenters. The van der Waals surface area contributed by atoms with Gasteiger partial charge < -0.3 is 11.5 Å². The Kier molecular flexibility index (Phi) is 2.69. The van der Waals surface area contributed by atoms with Crippen LogP contribution in [0.3, 0.4) is 0 Å². The summed E-state index contributed by atoms with van der Waals surface area (Å²) in [5.41, 5.74) is 11.3. The smallest absolute Gasteiger partial charge is 0.340 e. The van der Waals surface area contributed by atoms with Crippen molar-refractivity contribution < 1.29 is 9.59 Å². The predicted octanol–water partition coefficient (Wildman–Crippen LogP) is -2.08. The average molecular weight is 145 g/mol. The molecule has 0 aromatic carbocycles. The molecule has 0 aliphatic heterocycles. The van der Waals surface area contributed by atoms with Crippen molar-refractivity contribution in [2.45, 2.75) is 0 Å². The molecule has 0 aromatic rings. The van der Waals surface area contributed by atoms with E-state index < -0.39 is 12.0 Å². The molecule has 0 unspecified atom stereocenters. The fourth-order valence-electron chi connectivity index (χ4n) is 0.263. The van der Waals surface area contributed by atoms with Crippen LogP contribution in [-0.2, 0) is 4.79 Å². The minimum Gasteiger partial charge on any atom is -0.369 e. The number of imide groups is 1. The van der Waals surface area contributed by atoms with Gasteiger partial charge in [-0.15, -0.1) is 0 Å². The summed E-state index contributed by atoms with van der Waals surface area (Å²) in [6.07, 6.45) is 0.115. The van der Waals surface area contributed by atoms with Crippen molar-refractivity contribution in [1.82, 2.24) is 10.4 Å². The Balaban J connectivity index is 3.96. The molecule has 0 rings (SSSR count). The van der Waals surface area contributed by atoms with E-state index in [2.05, 4.69) is 5.73 Å². The summed E-state index contributed by atoms with van der Waals surface area (Å²) >= 11 is 0. The van der Waals surface area contributed by atoms with Crippen molar-refractivity contribution in [2.24, 2.45) is 11.5 Å². The number of hydrogen-bond donors (Lipinski definition) is 4. The van der Waals surface area contributed by atoms with E-state index in [-0.39, 0.29) is 6.41 Å². The Morgan fingerprint density at radius 1 is 1.60 bits per heavy atom. The normalized spacial score (nSPS) is 8.00. The molecule has 0 radical (unpaired) electrons. The molecule has 0 saturated carbocycles. The second-order valence-corrected chi connectivity index (χ2v) is 1.34. The maximum Gasteiger partial charge on any atom is 0.340 e. The Hall–Kier alpha value is -1.79. The second kappa shape index (κ2) is 3.28. The van der Waals surface area contributed by atoms with Gasteiger partial charge in [-0.05, 0) is 0 Å². The highest BCUT2D eigenvalue weighted by molar-refractivity contribution is 5.87. The van der Waals surface area contributed by atoms with E-state index >= 15 is 0 Å². The average Bonchev–Trinajstić information content (AvgIpc) is 1.81. The number of carbonyl (C=O) groups is 2. The number of nitrogens with two attached hydrogens (primary N) is 2. The van der Waals surface area contributed by atoms with Crippen molar-refractivity contribution in [1.29, 1.82) is 5.41 Å². The summed E-state index contributed by atoms with van der Waals surface area (Å²) in [6, 6.07) is -1.02. The third-order valence-corrected chi connectivity index (χ3v) is 0.584. The lowest BCUT2D eigenvalue weighted by molar-refractivity contribution is -0.116. The monoisotopic (exact) mass is 145 g/mol. The highest BCUT2D eigenvalue weighted by Crippen LogP contribution is 1.71. The van der Waals surface area contributed by atoms with E-state index in [1.807, 2.05) is 5.43 Å². The molecule has 10 heavy (non-hydrogen) atoms. The minimum absolute atomic E-state index is 0.115. The van der Waals surface area contributed by atoms with Crippen molar-refractivity contribution in [3.63, 3.8) is 0 Å². The summed E-state index contributed by atoms with van der Waals surface area (Å²) in [5.74, 6) is -0.536. The van der Waals surface area contributed by atoms with Crippen LogP contribution in [0.25, 0.3) is 0 Å². The fraction of sp³-hybridized carbons (Fsp3) is 0. The molecule has 0 saturated heterocycles. The lowest BCUT2D eigenvalue weighted by atomic mass is 10.9. The Bertz CT molecular complexity index is 166. The lowest BCUT2D eigenvalue weighted by Crippen LogP contribution is -2.50. The first kappa shape index (κ1) is 8.21. The van der Waals surface area contributed by atoms with Gasteiger partial charge in [0.05, 0.1) is 0 Å². The van der Waals surface area contributed by atoms with Crippen molar-refractivity contribution >= 4 is 18.4 Å². The molecule has 0 bridgehead atoms. The summed E-state index contributed by atoms with van der Waals surface area (Å²) in [6.45, 7) is 0. The number of carbonyl (C=O) groups excluding carboxylic acids is 2. The second-order valence-electron chi connectivity index (χ2n) is 1.34. The number of guanidine groups is 1. The third-order valence-electron chi connectivity index (χ3n) is 0.584. The zero-order valence-corrected chi connectivity index (χ0v) is 5.00. The summed E-state index contributed by atoms with van der Waals surface area (Å²) in [7, 11) is 0. The predicted molar refractivity (Wildman–Crippen MR) is 32.5 cm³/mol. The number of rotatable bonds is 1. The van der Waals surface area contributed by atoms with Gasteiger partial charge in [-0.2, -0.15) is 5.01 Å². The molecule has 0 heterocycles. The van der Waals surface area contributed by atoms with E-state index in [0.29, 0.717) is 5.01 Å². The van der Waals surface area contributed by atoms with Gasteiger partial charge in [0.15, 0.2) is 0 Å². The van der Waals surface area contributed by atoms with Crippen LogP contribution in [0.4, 0.5) is 4.79 Å². The van der Waals surface area contributed by atoms with Crippen molar-refractivity contribution in [3.05, 3.63) is 0 Å². The molecule has 0 aromatic heterocycles. The Labute approximate surface area is 56.4 Å². The Morgan fingerprint density at radius 2 is 2.10 bits per heavy atom. The lowest BCUT2D eigenvalue weighted by Gasteiger charge is -2.11. The first-order valence-electron chi connectivity index (χ1n) is 2.22. The SMILES string of the molecule is N=C(N)NN(C=O)C(N)=O. The number of hydrogen-bond acceptors (Lipinski definition) is 3. The van der Waals surface area contributed by atoms with E-state index in [4.69, 9.17) is 11.1 Å². The van der Waals surface area contributed by atoms with Gasteiger partial charge in [-0.25, -0.2) is 4.79 Å². The van der Waals surface area contributed by atoms with Gasteiger partial charge in [0.1, 0.15) is 0 Å². The van der Waals surface area contributed by atoms with E-state index in [1.54, 1.807) is 0 Å². The van der Waals surface area contributed by atoms with Gasteiger partial charge >= 0.3 is 6.03 Å². The molecule has 0 fully saturated rings. The molecule has 3 amide bonds. The van der Waals surface area contributed by atoms with Crippen molar-refractivity contribution in [2.75, 3.05) is 0 Å². The van der Waals surface area contributed by atoms with Gasteiger partial charge in [-0.1, -0.05) is 0 Å². The highest BCUT2D eigenvalue weighted by Gasteiger charge is 2.06. The quantitative estimate of drug-likeness (QED) is 0.146. The number of amides is 3. The molecule has 7 nitrogen and oxygen atoms in total. The van der Waals surface area contributed by atoms with E-state index in [1.165, 1.54) is 0 Å². The first-order valence-corrected chi connectivity index (χ1v) is 2.22. The molecule has 6 N–H and O–H groups in total. The fourth-order valence-corrected chi connectivity index (χ4v) is 0.263. The maximum absolute atomic E-state index is 10.2. The molecule has 0 aliphatic carbocycles. The first-order chi connectivity index (χ1) is 4.57.